The largest absolute Gasteiger partial charge is 0.377 e. The van der Waals surface area contributed by atoms with Crippen LogP contribution in [0.3, 0.4) is 0 Å². The summed E-state index contributed by atoms with van der Waals surface area (Å²) in [4.78, 5) is 12.0. The van der Waals surface area contributed by atoms with Crippen molar-refractivity contribution < 1.29 is 17.9 Å². The first-order valence-corrected chi connectivity index (χ1v) is 9.05. The van der Waals surface area contributed by atoms with Crippen molar-refractivity contribution in [2.24, 2.45) is 0 Å². The predicted octanol–water partition coefficient (Wildman–Crippen LogP) is 1.04. The Balaban J connectivity index is 1.61. The topological polar surface area (TPSA) is 84.5 Å². The monoisotopic (exact) mass is 324 g/mol. The Morgan fingerprint density at radius 3 is 2.50 bits per heavy atom. The van der Waals surface area contributed by atoms with Crippen LogP contribution in [-0.2, 0) is 14.8 Å². The molecule has 2 N–H and O–H groups in total. The lowest BCUT2D eigenvalue weighted by molar-refractivity contribution is 0.0951. The van der Waals surface area contributed by atoms with E-state index in [2.05, 4.69) is 10.0 Å². The van der Waals surface area contributed by atoms with Gasteiger partial charge in [0.1, 0.15) is 0 Å². The fraction of sp³-hybridized carbons (Fsp3) is 0.533. The Bertz CT molecular complexity index is 632. The first-order valence-electron chi connectivity index (χ1n) is 7.57. The lowest BCUT2D eigenvalue weighted by Gasteiger charge is -2.11. The van der Waals surface area contributed by atoms with Crippen LogP contribution >= 0.6 is 0 Å². The van der Waals surface area contributed by atoms with Crippen molar-refractivity contribution in [3.8, 4) is 0 Å². The molecule has 0 spiro atoms. The zero-order valence-electron chi connectivity index (χ0n) is 12.2. The highest BCUT2D eigenvalue weighted by Crippen LogP contribution is 2.20. The van der Waals surface area contributed by atoms with Crippen LogP contribution in [0, 0.1) is 0 Å². The molecular weight excluding hydrogens is 304 g/mol. The van der Waals surface area contributed by atoms with Crippen LogP contribution in [-0.4, -0.2) is 39.6 Å². The van der Waals surface area contributed by atoms with E-state index in [1.165, 1.54) is 12.1 Å². The van der Waals surface area contributed by atoms with E-state index in [1.54, 1.807) is 12.1 Å². The molecule has 6 nitrogen and oxygen atoms in total. The number of nitrogens with one attached hydrogen (secondary N) is 2. The smallest absolute Gasteiger partial charge is 0.251 e. The van der Waals surface area contributed by atoms with Crippen molar-refractivity contribution in [1.82, 2.24) is 10.0 Å². The molecule has 2 fully saturated rings. The normalized spacial score (nSPS) is 21.7. The Kier molecular flexibility index (Phi) is 4.46. The molecule has 120 valence electrons. The van der Waals surface area contributed by atoms with Crippen LogP contribution in [0.15, 0.2) is 29.2 Å². The number of sulfonamides is 1. The van der Waals surface area contributed by atoms with Crippen LogP contribution in [0.1, 0.15) is 36.0 Å². The highest BCUT2D eigenvalue weighted by Gasteiger charge is 2.24. The van der Waals surface area contributed by atoms with Crippen molar-refractivity contribution in [2.75, 3.05) is 13.2 Å². The fourth-order valence-electron chi connectivity index (χ4n) is 2.37. The molecule has 0 aromatic heterocycles. The molecule has 1 atom stereocenters. The van der Waals surface area contributed by atoms with E-state index in [9.17, 15) is 13.2 Å². The maximum atomic E-state index is 12.2. The maximum absolute atomic E-state index is 12.2. The summed E-state index contributed by atoms with van der Waals surface area (Å²) in [7, 11) is -3.56. The van der Waals surface area contributed by atoms with Gasteiger partial charge in [-0.15, -0.1) is 0 Å². The van der Waals surface area contributed by atoms with E-state index in [1.807, 2.05) is 0 Å². The van der Waals surface area contributed by atoms with Crippen molar-refractivity contribution in [3.05, 3.63) is 29.8 Å². The van der Waals surface area contributed by atoms with Crippen LogP contribution in [0.2, 0.25) is 0 Å². The second-order valence-corrected chi connectivity index (χ2v) is 7.53. The summed E-state index contributed by atoms with van der Waals surface area (Å²) in [6.45, 7) is 0.976. The number of amides is 1. The number of carbonyl (C=O) groups excluding carboxylic acids is 1. The van der Waals surface area contributed by atoms with Gasteiger partial charge in [0.25, 0.3) is 5.91 Å². The Morgan fingerprint density at radius 1 is 1.18 bits per heavy atom. The summed E-state index contributed by atoms with van der Waals surface area (Å²) in [6.07, 6.45) is 3.84. The lowest BCUT2D eigenvalue weighted by Crippen LogP contribution is -2.32. The summed E-state index contributed by atoms with van der Waals surface area (Å²) in [6, 6.07) is 6.28. The average Bonchev–Trinajstić information content (AvgIpc) is 3.16. The SMILES string of the molecule is O=C(NC1CC1)c1ccc(S(=O)(=O)NC[C@@H]2CCCO2)cc1. The molecule has 1 aromatic rings. The molecule has 2 aliphatic rings. The van der Waals surface area contributed by atoms with Crippen molar-refractivity contribution in [2.45, 2.75) is 42.7 Å². The van der Waals surface area contributed by atoms with E-state index in [-0.39, 0.29) is 29.5 Å². The van der Waals surface area contributed by atoms with Gasteiger partial charge in [0.05, 0.1) is 11.0 Å². The van der Waals surface area contributed by atoms with Gasteiger partial charge in [-0.3, -0.25) is 4.79 Å². The fourth-order valence-corrected chi connectivity index (χ4v) is 3.44. The van der Waals surface area contributed by atoms with Crippen LogP contribution in [0.25, 0.3) is 0 Å². The van der Waals surface area contributed by atoms with Gasteiger partial charge in [0.2, 0.25) is 10.0 Å². The molecule has 1 saturated heterocycles. The molecule has 1 heterocycles. The van der Waals surface area contributed by atoms with Gasteiger partial charge >= 0.3 is 0 Å². The molecule has 1 aliphatic heterocycles. The molecule has 1 aromatic carbocycles. The summed E-state index contributed by atoms with van der Waals surface area (Å²) >= 11 is 0. The van der Waals surface area contributed by atoms with Gasteiger partial charge in [-0.1, -0.05) is 0 Å². The number of hydrogen-bond acceptors (Lipinski definition) is 4. The van der Waals surface area contributed by atoms with Gasteiger partial charge in [0.15, 0.2) is 0 Å². The van der Waals surface area contributed by atoms with Crippen molar-refractivity contribution in [3.63, 3.8) is 0 Å². The Morgan fingerprint density at radius 2 is 1.91 bits per heavy atom. The maximum Gasteiger partial charge on any atom is 0.251 e. The van der Waals surface area contributed by atoms with Crippen LogP contribution in [0.4, 0.5) is 0 Å². The molecule has 0 bridgehead atoms. The lowest BCUT2D eigenvalue weighted by atomic mass is 10.2. The molecule has 1 saturated carbocycles. The third-order valence-corrected chi connectivity index (χ3v) is 5.30. The van der Waals surface area contributed by atoms with Gasteiger partial charge in [-0.25, -0.2) is 13.1 Å². The van der Waals surface area contributed by atoms with Gasteiger partial charge < -0.3 is 10.1 Å². The third kappa shape index (κ3) is 3.85. The molecule has 7 heteroatoms. The molecule has 0 radical (unpaired) electrons. The van der Waals surface area contributed by atoms with Crippen molar-refractivity contribution in [1.29, 1.82) is 0 Å². The second kappa shape index (κ2) is 6.36. The Hall–Kier alpha value is -1.44. The van der Waals surface area contributed by atoms with Gasteiger partial charge in [-0.05, 0) is 49.9 Å². The molecule has 22 heavy (non-hydrogen) atoms. The number of ether oxygens (including phenoxy) is 1. The zero-order valence-corrected chi connectivity index (χ0v) is 13.1. The van der Waals surface area contributed by atoms with Gasteiger partial charge in [0, 0.05) is 24.8 Å². The minimum absolute atomic E-state index is 0.0432. The standard InChI is InChI=1S/C15H20N2O4S/c18-15(17-12-5-6-12)11-3-7-14(8-4-11)22(19,20)16-10-13-2-1-9-21-13/h3-4,7-8,12-13,16H,1-2,5-6,9-10H2,(H,17,18)/t13-/m0/s1. The summed E-state index contributed by atoms with van der Waals surface area (Å²) in [5.74, 6) is -0.154. The second-order valence-electron chi connectivity index (χ2n) is 5.76. The first-order chi connectivity index (χ1) is 10.5. The highest BCUT2D eigenvalue weighted by atomic mass is 32.2. The molecule has 0 unspecified atom stereocenters. The summed E-state index contributed by atoms with van der Waals surface area (Å²) in [5, 5.41) is 2.87. The van der Waals surface area contributed by atoms with E-state index in [0.29, 0.717) is 12.2 Å². The van der Waals surface area contributed by atoms with E-state index in [0.717, 1.165) is 25.7 Å². The van der Waals surface area contributed by atoms with Gasteiger partial charge in [-0.2, -0.15) is 0 Å². The molecule has 1 amide bonds. The number of hydrogen-bond donors (Lipinski definition) is 2. The molecule has 1 aliphatic carbocycles. The highest BCUT2D eigenvalue weighted by molar-refractivity contribution is 7.89. The minimum atomic E-state index is -3.56. The number of carbonyl (C=O) groups is 1. The predicted molar refractivity (Wildman–Crippen MR) is 81.1 cm³/mol. The quantitative estimate of drug-likeness (QED) is 0.819. The number of rotatable bonds is 6. The third-order valence-electron chi connectivity index (χ3n) is 3.86. The van der Waals surface area contributed by atoms with Crippen molar-refractivity contribution >= 4 is 15.9 Å². The number of benzene rings is 1. The first kappa shape index (κ1) is 15.5. The molecule has 3 rings (SSSR count). The van der Waals surface area contributed by atoms with E-state index in [4.69, 9.17) is 4.74 Å². The zero-order chi connectivity index (χ0) is 15.6. The van der Waals surface area contributed by atoms with Crippen LogP contribution < -0.4 is 10.0 Å². The average molecular weight is 324 g/mol. The molecular formula is C15H20N2O4S. The summed E-state index contributed by atoms with van der Waals surface area (Å²) < 4.78 is 32.3. The van der Waals surface area contributed by atoms with Crippen LogP contribution in [0.5, 0.6) is 0 Å². The van der Waals surface area contributed by atoms with E-state index < -0.39 is 10.0 Å². The minimum Gasteiger partial charge on any atom is -0.377 e. The Labute approximate surface area is 130 Å². The summed E-state index contributed by atoms with van der Waals surface area (Å²) in [5.41, 5.74) is 0.477. The van der Waals surface area contributed by atoms with E-state index >= 15 is 0 Å².